The minimum atomic E-state index is -0.712. The summed E-state index contributed by atoms with van der Waals surface area (Å²) in [7, 11) is 1.40. The lowest BCUT2D eigenvalue weighted by molar-refractivity contribution is -0.150. The molecule has 1 heterocycles. The van der Waals surface area contributed by atoms with Crippen LogP contribution in [0.25, 0.3) is 0 Å². The van der Waals surface area contributed by atoms with E-state index in [1.54, 1.807) is 24.3 Å². The van der Waals surface area contributed by atoms with Crippen LogP contribution in [0.5, 0.6) is 0 Å². The highest BCUT2D eigenvalue weighted by atomic mass is 35.5. The summed E-state index contributed by atoms with van der Waals surface area (Å²) >= 11 is 5.89. The zero-order valence-corrected chi connectivity index (χ0v) is 16.3. The molecule has 3 amide bonds. The second-order valence-corrected chi connectivity index (χ2v) is 7.58. The summed E-state index contributed by atoms with van der Waals surface area (Å²) in [4.78, 5) is 49.7. The Hall–Kier alpha value is -3.19. The first-order valence-electron chi connectivity index (χ1n) is 9.01. The van der Waals surface area contributed by atoms with Gasteiger partial charge in [-0.05, 0) is 48.7 Å². The number of anilines is 1. The van der Waals surface area contributed by atoms with Crippen LogP contribution in [0.15, 0.2) is 42.5 Å². The molecule has 4 rings (SSSR count). The van der Waals surface area contributed by atoms with Crippen LogP contribution in [-0.4, -0.2) is 42.2 Å². The van der Waals surface area contributed by atoms with Crippen molar-refractivity contribution in [3.8, 4) is 0 Å². The number of hydrogen-bond acceptors (Lipinski definition) is 5. The van der Waals surface area contributed by atoms with Crippen molar-refractivity contribution in [1.82, 2.24) is 4.90 Å². The van der Waals surface area contributed by atoms with E-state index in [-0.39, 0.29) is 11.5 Å². The van der Waals surface area contributed by atoms with Crippen molar-refractivity contribution in [3.63, 3.8) is 0 Å². The summed E-state index contributed by atoms with van der Waals surface area (Å²) in [6.07, 6.45) is 1.31. The Morgan fingerprint density at radius 1 is 1.07 bits per heavy atom. The van der Waals surface area contributed by atoms with Crippen LogP contribution in [0.4, 0.5) is 5.69 Å². The third kappa shape index (κ3) is 3.38. The summed E-state index contributed by atoms with van der Waals surface area (Å²) in [6, 6.07) is 11.5. The first-order valence-corrected chi connectivity index (χ1v) is 9.39. The lowest BCUT2D eigenvalue weighted by Gasteiger charge is -2.15. The average Bonchev–Trinajstić information content (AvgIpc) is 3.49. The Morgan fingerprint density at radius 2 is 1.72 bits per heavy atom. The van der Waals surface area contributed by atoms with Gasteiger partial charge in [0.2, 0.25) is 0 Å². The number of fused-ring (bicyclic) bond motifs is 1. The van der Waals surface area contributed by atoms with Gasteiger partial charge in [0.05, 0.1) is 16.5 Å². The van der Waals surface area contributed by atoms with Gasteiger partial charge in [-0.15, -0.1) is 0 Å². The summed E-state index contributed by atoms with van der Waals surface area (Å²) in [5.74, 6) is -1.79. The molecule has 8 heteroatoms. The Morgan fingerprint density at radius 3 is 2.38 bits per heavy atom. The Balaban J connectivity index is 1.38. The highest BCUT2D eigenvalue weighted by Gasteiger charge is 2.52. The number of nitrogens with one attached hydrogen (secondary N) is 1. The predicted molar refractivity (Wildman–Crippen MR) is 105 cm³/mol. The Kier molecular flexibility index (Phi) is 4.62. The van der Waals surface area contributed by atoms with E-state index in [0.29, 0.717) is 29.1 Å². The molecule has 29 heavy (non-hydrogen) atoms. The molecule has 0 spiro atoms. The van der Waals surface area contributed by atoms with Crippen molar-refractivity contribution in [2.75, 3.05) is 19.0 Å². The molecule has 7 nitrogen and oxygen atoms in total. The molecule has 2 aliphatic rings. The molecular weight excluding hydrogens is 396 g/mol. The third-order valence-corrected chi connectivity index (χ3v) is 5.50. The zero-order valence-electron chi connectivity index (χ0n) is 15.5. The van der Waals surface area contributed by atoms with Gasteiger partial charge in [-0.1, -0.05) is 23.7 Å². The van der Waals surface area contributed by atoms with Crippen LogP contribution >= 0.6 is 11.6 Å². The van der Waals surface area contributed by atoms with Crippen LogP contribution in [0.2, 0.25) is 5.02 Å². The quantitative estimate of drug-likeness (QED) is 0.602. The fraction of sp³-hybridized carbons (Fsp3) is 0.238. The number of amides is 3. The molecule has 0 unspecified atom stereocenters. The molecule has 0 saturated heterocycles. The summed E-state index contributed by atoms with van der Waals surface area (Å²) in [6.45, 7) is -0.446. The normalized spacial score (nSPS) is 16.4. The zero-order chi connectivity index (χ0) is 20.8. The summed E-state index contributed by atoms with van der Waals surface area (Å²) in [5.41, 5.74) is 0.973. The van der Waals surface area contributed by atoms with Gasteiger partial charge in [-0.25, -0.2) is 0 Å². The second kappa shape index (κ2) is 7.00. The number of carbonyl (C=O) groups is 4. The smallest absolute Gasteiger partial charge is 0.317 e. The summed E-state index contributed by atoms with van der Waals surface area (Å²) < 4.78 is 5.22. The number of nitrogens with zero attached hydrogens (tertiary/aromatic N) is 1. The third-order valence-electron chi connectivity index (χ3n) is 5.25. The van der Waals surface area contributed by atoms with Crippen LogP contribution in [0, 0.1) is 0 Å². The molecule has 2 aromatic rings. The number of benzene rings is 2. The molecule has 0 atom stereocenters. The molecular formula is C21H17ClN2O5. The molecule has 2 aromatic carbocycles. The number of hydrogen-bond donors (Lipinski definition) is 1. The van der Waals surface area contributed by atoms with Crippen molar-refractivity contribution in [2.24, 2.45) is 0 Å². The van der Waals surface area contributed by atoms with E-state index < -0.39 is 29.8 Å². The topological polar surface area (TPSA) is 92.8 Å². The Labute approximate surface area is 171 Å². The highest BCUT2D eigenvalue weighted by Crippen LogP contribution is 2.49. The van der Waals surface area contributed by atoms with Gasteiger partial charge in [0, 0.05) is 17.8 Å². The largest absolute Gasteiger partial charge is 0.455 e. The van der Waals surface area contributed by atoms with Crippen molar-refractivity contribution in [3.05, 3.63) is 64.2 Å². The molecule has 1 fully saturated rings. The van der Waals surface area contributed by atoms with Crippen LogP contribution in [0.1, 0.15) is 39.1 Å². The van der Waals surface area contributed by atoms with E-state index in [1.807, 2.05) is 0 Å². The monoisotopic (exact) mass is 412 g/mol. The number of halogens is 1. The summed E-state index contributed by atoms with van der Waals surface area (Å²) in [5, 5.41) is 3.16. The molecule has 1 aliphatic carbocycles. The SMILES string of the molecule is CN1C(=O)c2ccc(NC(=O)COC(=O)C3(c4ccc(Cl)cc4)CC3)cc2C1=O. The number of esters is 1. The number of carbonyl (C=O) groups excluding carboxylic acids is 4. The maximum absolute atomic E-state index is 12.5. The van der Waals surface area contributed by atoms with Crippen molar-refractivity contribution >= 4 is 41.0 Å². The molecule has 1 aliphatic heterocycles. The minimum absolute atomic E-state index is 0.229. The van der Waals surface area contributed by atoms with Gasteiger partial charge in [0.1, 0.15) is 0 Å². The van der Waals surface area contributed by atoms with Crippen molar-refractivity contribution < 1.29 is 23.9 Å². The van der Waals surface area contributed by atoms with Gasteiger partial charge in [-0.3, -0.25) is 24.1 Å². The molecule has 1 saturated carbocycles. The average molecular weight is 413 g/mol. The standard InChI is InChI=1S/C21H17ClN2O5/c1-24-18(26)15-7-6-14(10-16(15)19(24)27)23-17(25)11-29-20(28)21(8-9-21)12-2-4-13(22)5-3-12/h2-7,10H,8-9,11H2,1H3,(H,23,25). The number of ether oxygens (including phenoxy) is 1. The van der Waals surface area contributed by atoms with Crippen LogP contribution in [0.3, 0.4) is 0 Å². The van der Waals surface area contributed by atoms with Crippen LogP contribution in [-0.2, 0) is 19.7 Å². The lowest BCUT2D eigenvalue weighted by Crippen LogP contribution is -2.28. The van der Waals surface area contributed by atoms with E-state index in [9.17, 15) is 19.2 Å². The molecule has 0 radical (unpaired) electrons. The van der Waals surface area contributed by atoms with E-state index in [1.165, 1.54) is 25.2 Å². The minimum Gasteiger partial charge on any atom is -0.455 e. The van der Waals surface area contributed by atoms with E-state index in [2.05, 4.69) is 5.32 Å². The van der Waals surface area contributed by atoms with Gasteiger partial charge in [-0.2, -0.15) is 0 Å². The van der Waals surface area contributed by atoms with E-state index in [0.717, 1.165) is 10.5 Å². The second-order valence-electron chi connectivity index (χ2n) is 7.14. The molecule has 1 N–H and O–H groups in total. The highest BCUT2D eigenvalue weighted by molar-refractivity contribution is 6.30. The number of rotatable bonds is 5. The predicted octanol–water partition coefficient (Wildman–Crippen LogP) is 2.78. The first-order chi connectivity index (χ1) is 13.8. The molecule has 0 bridgehead atoms. The fourth-order valence-corrected chi connectivity index (χ4v) is 3.54. The van der Waals surface area contributed by atoms with Gasteiger partial charge < -0.3 is 10.1 Å². The maximum Gasteiger partial charge on any atom is 0.317 e. The Bertz CT molecular complexity index is 1040. The lowest BCUT2D eigenvalue weighted by atomic mass is 9.96. The maximum atomic E-state index is 12.5. The van der Waals surface area contributed by atoms with Gasteiger partial charge in [0.25, 0.3) is 17.7 Å². The van der Waals surface area contributed by atoms with Crippen LogP contribution < -0.4 is 5.32 Å². The van der Waals surface area contributed by atoms with Gasteiger partial charge in [0.15, 0.2) is 6.61 Å². The van der Waals surface area contributed by atoms with E-state index in [4.69, 9.17) is 16.3 Å². The number of imide groups is 1. The van der Waals surface area contributed by atoms with E-state index >= 15 is 0 Å². The van der Waals surface area contributed by atoms with Gasteiger partial charge >= 0.3 is 5.97 Å². The fourth-order valence-electron chi connectivity index (χ4n) is 3.41. The van der Waals surface area contributed by atoms with Crippen molar-refractivity contribution in [2.45, 2.75) is 18.3 Å². The van der Waals surface area contributed by atoms with Crippen molar-refractivity contribution in [1.29, 1.82) is 0 Å². The molecule has 0 aromatic heterocycles. The molecule has 148 valence electrons. The first kappa shape index (κ1) is 19.1.